The van der Waals surface area contributed by atoms with Crippen molar-refractivity contribution in [2.75, 3.05) is 0 Å². The highest BCUT2D eigenvalue weighted by atomic mass is 16.6. The molecule has 0 spiro atoms. The molecule has 0 aromatic carbocycles. The van der Waals surface area contributed by atoms with E-state index in [0.29, 0.717) is 37.9 Å². The van der Waals surface area contributed by atoms with Crippen LogP contribution in [0.2, 0.25) is 0 Å². The Morgan fingerprint density at radius 1 is 0.485 bits per heavy atom. The molecule has 9 nitrogen and oxygen atoms in total. The molecule has 3 saturated carbocycles. The summed E-state index contributed by atoms with van der Waals surface area (Å²) in [6.07, 6.45) is 10.5. The Balaban J connectivity index is 1.20. The fourth-order valence-electron chi connectivity index (χ4n) is 6.88. The van der Waals surface area contributed by atoms with Gasteiger partial charge in [-0.15, -0.1) is 0 Å². The van der Waals surface area contributed by atoms with Crippen molar-refractivity contribution >= 4 is 0 Å². The van der Waals surface area contributed by atoms with Crippen LogP contribution in [0, 0.1) is 17.8 Å². The number of epoxide rings is 3. The van der Waals surface area contributed by atoms with Crippen LogP contribution in [0.15, 0.2) is 14.4 Å². The first-order valence-electron chi connectivity index (χ1n) is 12.9. The van der Waals surface area contributed by atoms with E-state index in [1.807, 2.05) is 0 Å². The second kappa shape index (κ2) is 7.65. The van der Waals surface area contributed by atoms with Gasteiger partial charge in [0.25, 0.3) is 0 Å². The molecule has 33 heavy (non-hydrogen) atoms. The van der Waals surface area contributed by atoms with Gasteiger partial charge < -0.3 is 14.2 Å². The summed E-state index contributed by atoms with van der Waals surface area (Å²) in [5, 5.41) is 0. The third kappa shape index (κ3) is 3.86. The Bertz CT molecular complexity index is 954. The van der Waals surface area contributed by atoms with Crippen molar-refractivity contribution in [1.29, 1.82) is 0 Å². The normalized spacial score (nSPS) is 42.7. The van der Waals surface area contributed by atoms with Gasteiger partial charge in [0.2, 0.25) is 0 Å². The van der Waals surface area contributed by atoms with Crippen molar-refractivity contribution < 1.29 is 14.2 Å². The van der Waals surface area contributed by atoms with Crippen molar-refractivity contribution in [3.63, 3.8) is 0 Å². The summed E-state index contributed by atoms with van der Waals surface area (Å²) < 4.78 is 21.0. The molecule has 9 unspecified atom stereocenters. The summed E-state index contributed by atoms with van der Waals surface area (Å²) in [6, 6.07) is 0. The molecule has 180 valence electrons. The predicted octanol–water partition coefficient (Wildman–Crippen LogP) is 0.874. The Kier molecular flexibility index (Phi) is 4.78. The molecule has 9 heteroatoms. The molecule has 0 bridgehead atoms. The first-order valence-corrected chi connectivity index (χ1v) is 12.9. The van der Waals surface area contributed by atoms with E-state index in [9.17, 15) is 14.4 Å². The molecule has 6 fully saturated rings. The fraction of sp³-hybridized carbons (Fsp3) is 0.875. The summed E-state index contributed by atoms with van der Waals surface area (Å²) >= 11 is 0. The van der Waals surface area contributed by atoms with Crippen LogP contribution in [-0.2, 0) is 33.8 Å². The smallest absolute Gasteiger partial charge is 0.336 e. The van der Waals surface area contributed by atoms with Crippen LogP contribution in [-0.4, -0.2) is 50.3 Å². The number of nitrogens with zero attached hydrogens (tertiary/aromatic N) is 3. The molecule has 6 aliphatic rings. The average molecular weight is 460 g/mol. The summed E-state index contributed by atoms with van der Waals surface area (Å²) in [7, 11) is 0. The highest BCUT2D eigenvalue weighted by molar-refractivity contribution is 4.95. The Hall–Kier alpha value is -1.71. The minimum absolute atomic E-state index is 0.240. The zero-order valence-corrected chi connectivity index (χ0v) is 19.0. The SMILES string of the molecule is O=c1n(CC2CCC3OC3C2)c(=O)n(CC2CCC3OC3C2)c(=O)n1CC1CCC2OC2C1. The molecule has 9 atom stereocenters. The van der Waals surface area contributed by atoms with E-state index < -0.39 is 17.1 Å². The zero-order valence-electron chi connectivity index (χ0n) is 19.0. The molecule has 0 amide bonds. The molecule has 1 aromatic rings. The lowest BCUT2D eigenvalue weighted by molar-refractivity contribution is 0.274. The van der Waals surface area contributed by atoms with E-state index >= 15 is 0 Å². The maximum atomic E-state index is 13.5. The van der Waals surface area contributed by atoms with E-state index in [-0.39, 0.29) is 36.1 Å². The van der Waals surface area contributed by atoms with Crippen LogP contribution >= 0.6 is 0 Å². The standard InChI is InChI=1S/C24H33N3O6/c28-22-25(10-13-1-4-16-19(7-13)31-16)23(29)27(12-15-3-6-18-21(9-15)33-18)24(30)26(22)11-14-2-5-17-20(8-14)32-17/h13-21H,1-12H2. The highest BCUT2D eigenvalue weighted by Crippen LogP contribution is 2.41. The van der Waals surface area contributed by atoms with Gasteiger partial charge in [0.1, 0.15) is 0 Å². The van der Waals surface area contributed by atoms with Gasteiger partial charge in [0, 0.05) is 19.6 Å². The van der Waals surface area contributed by atoms with Crippen molar-refractivity contribution in [1.82, 2.24) is 13.7 Å². The maximum absolute atomic E-state index is 13.5. The van der Waals surface area contributed by atoms with Gasteiger partial charge in [0.05, 0.1) is 36.6 Å². The molecule has 4 heterocycles. The first-order chi connectivity index (χ1) is 16.0. The molecule has 0 N–H and O–H groups in total. The van der Waals surface area contributed by atoms with Gasteiger partial charge in [-0.2, -0.15) is 0 Å². The second-order valence-electron chi connectivity index (χ2n) is 11.4. The van der Waals surface area contributed by atoms with E-state index in [1.54, 1.807) is 0 Å². The predicted molar refractivity (Wildman–Crippen MR) is 117 cm³/mol. The number of fused-ring (bicyclic) bond motifs is 3. The van der Waals surface area contributed by atoms with Gasteiger partial charge in [0.15, 0.2) is 0 Å². The van der Waals surface area contributed by atoms with Crippen molar-refractivity contribution in [2.45, 2.75) is 114 Å². The van der Waals surface area contributed by atoms with Gasteiger partial charge in [-0.3, -0.25) is 0 Å². The average Bonchev–Trinajstić information content (AvgIpc) is 3.69. The van der Waals surface area contributed by atoms with E-state index in [1.165, 1.54) is 13.7 Å². The van der Waals surface area contributed by atoms with Crippen LogP contribution in [0.3, 0.4) is 0 Å². The lowest BCUT2D eigenvalue weighted by atomic mass is 9.89. The lowest BCUT2D eigenvalue weighted by Gasteiger charge is -2.24. The minimum Gasteiger partial charge on any atom is -0.370 e. The molecule has 3 aliphatic heterocycles. The lowest BCUT2D eigenvalue weighted by Crippen LogP contribution is -2.56. The number of aromatic nitrogens is 3. The quantitative estimate of drug-likeness (QED) is 0.585. The second-order valence-corrected chi connectivity index (χ2v) is 11.4. The topological polar surface area (TPSA) is 104 Å². The fourth-order valence-corrected chi connectivity index (χ4v) is 6.88. The van der Waals surface area contributed by atoms with E-state index in [2.05, 4.69) is 0 Å². The van der Waals surface area contributed by atoms with Gasteiger partial charge in [-0.05, 0) is 75.5 Å². The maximum Gasteiger partial charge on any atom is 0.336 e. The van der Waals surface area contributed by atoms with E-state index in [0.717, 1.165) is 57.8 Å². The summed E-state index contributed by atoms with van der Waals surface area (Å²) in [5.41, 5.74) is -1.31. The van der Waals surface area contributed by atoms with Crippen molar-refractivity contribution in [3.8, 4) is 0 Å². The Labute approximate surface area is 191 Å². The monoisotopic (exact) mass is 459 g/mol. The van der Waals surface area contributed by atoms with Gasteiger partial charge in [-0.25, -0.2) is 28.1 Å². The van der Waals surface area contributed by atoms with E-state index in [4.69, 9.17) is 14.2 Å². The molecular formula is C24H33N3O6. The highest BCUT2D eigenvalue weighted by Gasteiger charge is 2.46. The number of hydrogen-bond acceptors (Lipinski definition) is 6. The minimum atomic E-state index is -0.437. The van der Waals surface area contributed by atoms with Crippen LogP contribution in [0.4, 0.5) is 0 Å². The molecule has 1 aromatic heterocycles. The Morgan fingerprint density at radius 2 is 0.788 bits per heavy atom. The molecule has 0 radical (unpaired) electrons. The molecule has 7 rings (SSSR count). The van der Waals surface area contributed by atoms with Crippen LogP contribution in [0.5, 0.6) is 0 Å². The largest absolute Gasteiger partial charge is 0.370 e. The summed E-state index contributed by atoms with van der Waals surface area (Å²) in [4.78, 5) is 40.4. The number of hydrogen-bond donors (Lipinski definition) is 0. The van der Waals surface area contributed by atoms with Crippen molar-refractivity contribution in [2.24, 2.45) is 17.8 Å². The van der Waals surface area contributed by atoms with Crippen LogP contribution in [0.25, 0.3) is 0 Å². The third-order valence-electron chi connectivity index (χ3n) is 9.05. The Morgan fingerprint density at radius 3 is 1.06 bits per heavy atom. The van der Waals surface area contributed by atoms with Crippen LogP contribution in [0.1, 0.15) is 57.8 Å². The summed E-state index contributed by atoms with van der Waals surface area (Å²) in [6.45, 7) is 1.13. The molecule has 3 saturated heterocycles. The zero-order chi connectivity index (χ0) is 22.3. The van der Waals surface area contributed by atoms with Gasteiger partial charge >= 0.3 is 17.1 Å². The van der Waals surface area contributed by atoms with Crippen molar-refractivity contribution in [3.05, 3.63) is 31.5 Å². The third-order valence-corrected chi connectivity index (χ3v) is 9.05. The first kappa shape index (κ1) is 20.6. The molecular weight excluding hydrogens is 426 g/mol. The number of rotatable bonds is 6. The number of ether oxygens (including phenoxy) is 3. The van der Waals surface area contributed by atoms with Crippen LogP contribution < -0.4 is 17.1 Å². The summed E-state index contributed by atoms with van der Waals surface area (Å²) in [5.74, 6) is 0.720. The van der Waals surface area contributed by atoms with Gasteiger partial charge in [-0.1, -0.05) is 0 Å². The molecule has 3 aliphatic carbocycles.